The Labute approximate surface area is 129 Å². The molecule has 118 valence electrons. The first-order valence-corrected chi connectivity index (χ1v) is 8.01. The topological polar surface area (TPSA) is 26.3 Å². The molecule has 2 atom stereocenters. The number of hydrogen-bond acceptors (Lipinski definition) is 2. The molecule has 0 fully saturated rings. The Morgan fingerprint density at radius 1 is 1.14 bits per heavy atom. The molecule has 0 N–H and O–H groups in total. The van der Waals surface area contributed by atoms with Gasteiger partial charge in [0.05, 0.1) is 5.25 Å². The highest BCUT2D eigenvalue weighted by molar-refractivity contribution is 7.84. The molecule has 0 aliphatic carbocycles. The maximum atomic E-state index is 13.7. The van der Waals surface area contributed by atoms with Gasteiger partial charge in [-0.1, -0.05) is 30.3 Å². The van der Waals surface area contributed by atoms with E-state index in [-0.39, 0.29) is 11.5 Å². The Bertz CT molecular complexity index is 661. The van der Waals surface area contributed by atoms with Gasteiger partial charge in [0, 0.05) is 22.1 Å². The third kappa shape index (κ3) is 4.34. The molecule has 22 heavy (non-hydrogen) atoms. The van der Waals surface area contributed by atoms with Crippen LogP contribution < -0.4 is 4.74 Å². The minimum absolute atomic E-state index is 0.0167. The van der Waals surface area contributed by atoms with Crippen LogP contribution in [-0.4, -0.2) is 10.8 Å². The van der Waals surface area contributed by atoms with Crippen molar-refractivity contribution in [1.29, 1.82) is 0 Å². The van der Waals surface area contributed by atoms with E-state index < -0.39 is 28.5 Å². The largest absolute Gasteiger partial charge is 0.435 e. The molecule has 0 aliphatic heterocycles. The summed E-state index contributed by atoms with van der Waals surface area (Å²) < 4.78 is 54.7. The van der Waals surface area contributed by atoms with Gasteiger partial charge in [-0.25, -0.2) is 4.39 Å². The highest BCUT2D eigenvalue weighted by atomic mass is 32.2. The van der Waals surface area contributed by atoms with Crippen LogP contribution in [0.3, 0.4) is 0 Å². The lowest BCUT2D eigenvalue weighted by Gasteiger charge is -2.13. The van der Waals surface area contributed by atoms with Crippen LogP contribution in [0.15, 0.2) is 48.5 Å². The van der Waals surface area contributed by atoms with Crippen LogP contribution in [0.5, 0.6) is 5.75 Å². The Hall–Kier alpha value is -1.82. The van der Waals surface area contributed by atoms with Crippen molar-refractivity contribution in [2.75, 3.05) is 0 Å². The molecule has 0 unspecified atom stereocenters. The molecule has 0 radical (unpaired) electrons. The molecule has 2 rings (SSSR count). The highest BCUT2D eigenvalue weighted by Gasteiger charge is 2.17. The summed E-state index contributed by atoms with van der Waals surface area (Å²) >= 11 is 0. The number of rotatable bonds is 6. The number of alkyl halides is 2. The predicted molar refractivity (Wildman–Crippen MR) is 79.7 cm³/mol. The molecule has 0 heterocycles. The van der Waals surface area contributed by atoms with Gasteiger partial charge in [0.15, 0.2) is 0 Å². The van der Waals surface area contributed by atoms with Crippen LogP contribution in [0, 0.1) is 5.82 Å². The molecule has 2 nitrogen and oxygen atoms in total. The maximum absolute atomic E-state index is 13.7. The summed E-state index contributed by atoms with van der Waals surface area (Å²) in [5.41, 5.74) is 0.973. The van der Waals surface area contributed by atoms with Crippen LogP contribution in [-0.2, 0) is 16.6 Å². The fraction of sp³-hybridized carbons (Fsp3) is 0.250. The standard InChI is InChI=1S/C16H15F3O2S/c1-11(14-7-2-3-8-15(14)17)22(20)10-12-5-4-6-13(9-12)21-16(18)19/h2-9,11,16H,10H2,1H3/t11-,22-/m1/s1. The monoisotopic (exact) mass is 328 g/mol. The summed E-state index contributed by atoms with van der Waals surface area (Å²) in [5.74, 6) is -0.253. The Kier molecular flexibility index (Phi) is 5.60. The van der Waals surface area contributed by atoms with Crippen molar-refractivity contribution >= 4 is 10.8 Å². The second-order valence-corrected chi connectivity index (χ2v) is 6.47. The van der Waals surface area contributed by atoms with E-state index in [0.717, 1.165) is 0 Å². The minimum atomic E-state index is -2.90. The fourth-order valence-corrected chi connectivity index (χ4v) is 3.28. The first-order valence-electron chi connectivity index (χ1n) is 6.62. The van der Waals surface area contributed by atoms with Gasteiger partial charge in [0.2, 0.25) is 0 Å². The molecular formula is C16H15F3O2S. The van der Waals surface area contributed by atoms with E-state index >= 15 is 0 Å². The molecule has 2 aromatic carbocycles. The molecule has 0 aliphatic rings. The summed E-state index contributed by atoms with van der Waals surface area (Å²) in [6.07, 6.45) is 0. The zero-order valence-electron chi connectivity index (χ0n) is 11.8. The van der Waals surface area contributed by atoms with E-state index in [1.54, 1.807) is 37.3 Å². The van der Waals surface area contributed by atoms with Gasteiger partial charge in [-0.2, -0.15) is 8.78 Å². The van der Waals surface area contributed by atoms with Crippen molar-refractivity contribution in [2.24, 2.45) is 0 Å². The molecular weight excluding hydrogens is 313 g/mol. The zero-order valence-corrected chi connectivity index (χ0v) is 12.7. The predicted octanol–water partition coefficient (Wildman–Crippen LogP) is 4.44. The molecule has 6 heteroatoms. The van der Waals surface area contributed by atoms with E-state index in [9.17, 15) is 17.4 Å². The van der Waals surface area contributed by atoms with Crippen molar-refractivity contribution in [3.05, 3.63) is 65.5 Å². The first-order chi connectivity index (χ1) is 10.5. The van der Waals surface area contributed by atoms with E-state index in [1.165, 1.54) is 18.2 Å². The van der Waals surface area contributed by atoms with E-state index in [1.807, 2.05) is 0 Å². The van der Waals surface area contributed by atoms with E-state index in [4.69, 9.17) is 0 Å². The van der Waals surface area contributed by atoms with E-state index in [2.05, 4.69) is 4.74 Å². The summed E-state index contributed by atoms with van der Waals surface area (Å²) in [5, 5.41) is -0.499. The van der Waals surface area contributed by atoms with E-state index in [0.29, 0.717) is 11.1 Å². The van der Waals surface area contributed by atoms with Gasteiger partial charge in [-0.3, -0.25) is 4.21 Å². The average molecular weight is 328 g/mol. The molecule has 0 aromatic heterocycles. The lowest BCUT2D eigenvalue weighted by atomic mass is 10.1. The Morgan fingerprint density at radius 3 is 2.55 bits per heavy atom. The van der Waals surface area contributed by atoms with Crippen LogP contribution in [0.2, 0.25) is 0 Å². The number of halogens is 3. The van der Waals surface area contributed by atoms with Gasteiger partial charge in [-0.15, -0.1) is 0 Å². The summed E-state index contributed by atoms with van der Waals surface area (Å²) in [6, 6.07) is 12.2. The van der Waals surface area contributed by atoms with Crippen molar-refractivity contribution in [1.82, 2.24) is 0 Å². The number of benzene rings is 2. The minimum Gasteiger partial charge on any atom is -0.435 e. The normalized spacial score (nSPS) is 13.9. The van der Waals surface area contributed by atoms with Gasteiger partial charge in [0.1, 0.15) is 11.6 Å². The Balaban J connectivity index is 2.10. The summed E-state index contributed by atoms with van der Waals surface area (Å²) in [6.45, 7) is -1.23. The fourth-order valence-electron chi connectivity index (χ4n) is 2.05. The van der Waals surface area contributed by atoms with Gasteiger partial charge in [-0.05, 0) is 30.7 Å². The number of ether oxygens (including phenoxy) is 1. The van der Waals surface area contributed by atoms with Crippen molar-refractivity contribution in [3.8, 4) is 5.75 Å². The van der Waals surface area contributed by atoms with Crippen molar-refractivity contribution in [2.45, 2.75) is 24.5 Å². The average Bonchev–Trinajstić information content (AvgIpc) is 2.46. The zero-order chi connectivity index (χ0) is 16.1. The van der Waals surface area contributed by atoms with Gasteiger partial charge >= 0.3 is 6.61 Å². The molecule has 0 spiro atoms. The quantitative estimate of drug-likeness (QED) is 0.784. The smallest absolute Gasteiger partial charge is 0.387 e. The second-order valence-electron chi connectivity index (χ2n) is 4.71. The lowest BCUT2D eigenvalue weighted by molar-refractivity contribution is -0.0498. The molecule has 0 saturated carbocycles. The molecule has 0 amide bonds. The Morgan fingerprint density at radius 2 is 1.86 bits per heavy atom. The second kappa shape index (κ2) is 7.45. The molecule has 0 bridgehead atoms. The first kappa shape index (κ1) is 16.5. The van der Waals surface area contributed by atoms with Gasteiger partial charge < -0.3 is 4.74 Å². The maximum Gasteiger partial charge on any atom is 0.387 e. The highest BCUT2D eigenvalue weighted by Crippen LogP contribution is 2.25. The van der Waals surface area contributed by atoms with Crippen LogP contribution in [0.25, 0.3) is 0 Å². The van der Waals surface area contributed by atoms with Crippen LogP contribution in [0.1, 0.15) is 23.3 Å². The van der Waals surface area contributed by atoms with Crippen LogP contribution >= 0.6 is 0 Å². The van der Waals surface area contributed by atoms with Gasteiger partial charge in [0.25, 0.3) is 0 Å². The molecule has 0 saturated heterocycles. The summed E-state index contributed by atoms with van der Waals surface area (Å²) in [4.78, 5) is 0. The van der Waals surface area contributed by atoms with Crippen molar-refractivity contribution in [3.63, 3.8) is 0 Å². The lowest BCUT2D eigenvalue weighted by Crippen LogP contribution is -2.08. The third-order valence-corrected chi connectivity index (χ3v) is 4.83. The molecule has 2 aromatic rings. The van der Waals surface area contributed by atoms with Crippen LogP contribution in [0.4, 0.5) is 13.2 Å². The summed E-state index contributed by atoms with van der Waals surface area (Å²) in [7, 11) is -1.38. The number of hydrogen-bond donors (Lipinski definition) is 0. The third-order valence-electron chi connectivity index (χ3n) is 3.17. The van der Waals surface area contributed by atoms with Crippen molar-refractivity contribution < 1.29 is 22.1 Å². The SMILES string of the molecule is C[C@H](c1ccccc1F)[S@](=O)Cc1cccc(OC(F)F)c1.